The van der Waals surface area contributed by atoms with E-state index in [0.29, 0.717) is 5.56 Å². The highest BCUT2D eigenvalue weighted by atomic mass is 79.9. The largest absolute Gasteiger partial charge is 0.394 e. The lowest BCUT2D eigenvalue weighted by molar-refractivity contribution is 0.0641. The van der Waals surface area contributed by atoms with Gasteiger partial charge in [-0.25, -0.2) is 0 Å². The molecule has 92 valence electrons. The normalized spacial score (nSPS) is 17.4. The standard InChI is InChI=1S/C13H16BrNO2/c1-9-10(4-2-5-11(9)14)12(17)15-13(8-16)6-3-7-13/h2,4-5,16H,3,6-8H2,1H3,(H,15,17). The summed E-state index contributed by atoms with van der Waals surface area (Å²) in [6, 6.07) is 5.56. The molecule has 0 heterocycles. The predicted molar refractivity (Wildman–Crippen MR) is 70.0 cm³/mol. The van der Waals surface area contributed by atoms with Crippen molar-refractivity contribution in [3.8, 4) is 0 Å². The monoisotopic (exact) mass is 297 g/mol. The molecular formula is C13H16BrNO2. The van der Waals surface area contributed by atoms with E-state index in [4.69, 9.17) is 0 Å². The lowest BCUT2D eigenvalue weighted by Crippen LogP contribution is -2.56. The second-order valence-electron chi connectivity index (χ2n) is 4.66. The fraction of sp³-hybridized carbons (Fsp3) is 0.462. The van der Waals surface area contributed by atoms with Crippen LogP contribution < -0.4 is 5.32 Å². The maximum atomic E-state index is 12.1. The minimum Gasteiger partial charge on any atom is -0.394 e. The van der Waals surface area contributed by atoms with Gasteiger partial charge in [0.25, 0.3) is 5.91 Å². The van der Waals surface area contributed by atoms with Crippen molar-refractivity contribution in [1.82, 2.24) is 5.32 Å². The Hall–Kier alpha value is -0.870. The van der Waals surface area contributed by atoms with Gasteiger partial charge in [-0.05, 0) is 43.9 Å². The van der Waals surface area contributed by atoms with Gasteiger partial charge in [0.05, 0.1) is 12.1 Å². The van der Waals surface area contributed by atoms with Gasteiger partial charge in [-0.15, -0.1) is 0 Å². The summed E-state index contributed by atoms with van der Waals surface area (Å²) < 4.78 is 0.928. The van der Waals surface area contributed by atoms with E-state index < -0.39 is 0 Å². The number of aliphatic hydroxyl groups is 1. The van der Waals surface area contributed by atoms with Gasteiger partial charge in [-0.1, -0.05) is 22.0 Å². The van der Waals surface area contributed by atoms with E-state index in [1.165, 1.54) is 0 Å². The molecule has 3 nitrogen and oxygen atoms in total. The van der Waals surface area contributed by atoms with Crippen molar-refractivity contribution in [2.24, 2.45) is 0 Å². The smallest absolute Gasteiger partial charge is 0.252 e. The van der Waals surface area contributed by atoms with Crippen molar-refractivity contribution < 1.29 is 9.90 Å². The number of hydrogen-bond acceptors (Lipinski definition) is 2. The first-order chi connectivity index (χ1) is 8.08. The third-order valence-corrected chi connectivity index (χ3v) is 4.36. The molecule has 2 rings (SSSR count). The Morgan fingerprint density at radius 2 is 2.24 bits per heavy atom. The zero-order valence-corrected chi connectivity index (χ0v) is 11.4. The second-order valence-corrected chi connectivity index (χ2v) is 5.51. The Bertz CT molecular complexity index is 436. The van der Waals surface area contributed by atoms with Crippen LogP contribution in [0.5, 0.6) is 0 Å². The predicted octanol–water partition coefficient (Wildman–Crippen LogP) is 2.40. The number of aliphatic hydroxyl groups excluding tert-OH is 1. The Morgan fingerprint density at radius 3 is 2.76 bits per heavy atom. The molecule has 17 heavy (non-hydrogen) atoms. The first kappa shape index (κ1) is 12.6. The van der Waals surface area contributed by atoms with Crippen molar-refractivity contribution in [3.63, 3.8) is 0 Å². The molecule has 0 atom stereocenters. The molecule has 0 aliphatic heterocycles. The average molecular weight is 298 g/mol. The van der Waals surface area contributed by atoms with Gasteiger partial charge in [0.15, 0.2) is 0 Å². The first-order valence-corrected chi connectivity index (χ1v) is 6.56. The third kappa shape index (κ3) is 2.38. The van der Waals surface area contributed by atoms with E-state index in [0.717, 1.165) is 29.3 Å². The Kier molecular flexibility index (Phi) is 3.54. The summed E-state index contributed by atoms with van der Waals surface area (Å²) in [6.07, 6.45) is 2.79. The van der Waals surface area contributed by atoms with E-state index in [-0.39, 0.29) is 18.1 Å². The van der Waals surface area contributed by atoms with Gasteiger partial charge >= 0.3 is 0 Å². The molecule has 0 unspecified atom stereocenters. The summed E-state index contributed by atoms with van der Waals surface area (Å²) >= 11 is 3.41. The van der Waals surface area contributed by atoms with Crippen molar-refractivity contribution in [3.05, 3.63) is 33.8 Å². The van der Waals surface area contributed by atoms with Crippen molar-refractivity contribution in [1.29, 1.82) is 0 Å². The average Bonchev–Trinajstić information content (AvgIpc) is 2.27. The third-order valence-electron chi connectivity index (χ3n) is 3.50. The van der Waals surface area contributed by atoms with Crippen LogP contribution in [0.25, 0.3) is 0 Å². The zero-order valence-electron chi connectivity index (χ0n) is 9.79. The molecule has 0 saturated heterocycles. The fourth-order valence-corrected chi connectivity index (χ4v) is 2.45. The van der Waals surface area contributed by atoms with Gasteiger partial charge in [-0.3, -0.25) is 4.79 Å². The minimum atomic E-state index is -0.383. The van der Waals surface area contributed by atoms with Gasteiger partial charge in [0.2, 0.25) is 0 Å². The molecule has 1 aliphatic carbocycles. The van der Waals surface area contributed by atoms with Crippen molar-refractivity contribution in [2.45, 2.75) is 31.7 Å². The van der Waals surface area contributed by atoms with E-state index in [1.807, 2.05) is 19.1 Å². The van der Waals surface area contributed by atoms with Gasteiger partial charge in [-0.2, -0.15) is 0 Å². The van der Waals surface area contributed by atoms with E-state index in [2.05, 4.69) is 21.2 Å². The van der Waals surface area contributed by atoms with Crippen LogP contribution in [0.3, 0.4) is 0 Å². The zero-order chi connectivity index (χ0) is 12.5. The number of carbonyl (C=O) groups is 1. The number of amides is 1. The quantitative estimate of drug-likeness (QED) is 0.900. The molecule has 1 amide bonds. The Morgan fingerprint density at radius 1 is 1.53 bits per heavy atom. The highest BCUT2D eigenvalue weighted by Crippen LogP contribution is 2.31. The molecule has 1 aromatic rings. The number of nitrogens with one attached hydrogen (secondary N) is 1. The topological polar surface area (TPSA) is 49.3 Å². The Labute approximate surface area is 109 Å². The van der Waals surface area contributed by atoms with Crippen LogP contribution in [0.1, 0.15) is 35.2 Å². The Balaban J connectivity index is 2.17. The van der Waals surface area contributed by atoms with E-state index in [9.17, 15) is 9.90 Å². The number of halogens is 1. The number of benzene rings is 1. The van der Waals surface area contributed by atoms with Gasteiger partial charge in [0, 0.05) is 10.0 Å². The highest BCUT2D eigenvalue weighted by Gasteiger charge is 2.38. The molecule has 0 bridgehead atoms. The summed E-state index contributed by atoms with van der Waals surface area (Å²) in [7, 11) is 0. The fourth-order valence-electron chi connectivity index (χ4n) is 2.09. The number of hydrogen-bond donors (Lipinski definition) is 2. The SMILES string of the molecule is Cc1c(Br)cccc1C(=O)NC1(CO)CCC1. The maximum absolute atomic E-state index is 12.1. The van der Waals surface area contributed by atoms with Crippen LogP contribution >= 0.6 is 15.9 Å². The molecule has 1 saturated carbocycles. The van der Waals surface area contributed by atoms with Crippen LogP contribution in [0, 0.1) is 6.92 Å². The molecule has 1 aromatic carbocycles. The van der Waals surface area contributed by atoms with Crippen LogP contribution in [-0.2, 0) is 0 Å². The summed E-state index contributed by atoms with van der Waals surface area (Å²) in [5.74, 6) is -0.0995. The first-order valence-electron chi connectivity index (χ1n) is 5.76. The van der Waals surface area contributed by atoms with Crippen LogP contribution in [-0.4, -0.2) is 23.2 Å². The van der Waals surface area contributed by atoms with Gasteiger partial charge in [0.1, 0.15) is 0 Å². The van der Waals surface area contributed by atoms with Crippen LogP contribution in [0.15, 0.2) is 22.7 Å². The molecule has 2 N–H and O–H groups in total. The summed E-state index contributed by atoms with van der Waals surface area (Å²) in [5.41, 5.74) is 1.21. The van der Waals surface area contributed by atoms with Crippen LogP contribution in [0.2, 0.25) is 0 Å². The lowest BCUT2D eigenvalue weighted by Gasteiger charge is -2.41. The molecule has 0 spiro atoms. The molecule has 0 radical (unpaired) electrons. The van der Waals surface area contributed by atoms with Crippen molar-refractivity contribution in [2.75, 3.05) is 6.61 Å². The van der Waals surface area contributed by atoms with E-state index >= 15 is 0 Å². The lowest BCUT2D eigenvalue weighted by atomic mass is 9.77. The molecule has 0 aromatic heterocycles. The van der Waals surface area contributed by atoms with Crippen molar-refractivity contribution >= 4 is 21.8 Å². The van der Waals surface area contributed by atoms with Gasteiger partial charge < -0.3 is 10.4 Å². The summed E-state index contributed by atoms with van der Waals surface area (Å²) in [5, 5.41) is 12.3. The summed E-state index contributed by atoms with van der Waals surface area (Å²) in [4.78, 5) is 12.1. The second kappa shape index (κ2) is 4.78. The number of carbonyl (C=O) groups excluding carboxylic acids is 1. The number of rotatable bonds is 3. The summed E-state index contributed by atoms with van der Waals surface area (Å²) in [6.45, 7) is 1.93. The maximum Gasteiger partial charge on any atom is 0.252 e. The molecular weight excluding hydrogens is 282 g/mol. The van der Waals surface area contributed by atoms with E-state index in [1.54, 1.807) is 6.07 Å². The highest BCUT2D eigenvalue weighted by molar-refractivity contribution is 9.10. The molecule has 1 fully saturated rings. The van der Waals surface area contributed by atoms with Crippen LogP contribution in [0.4, 0.5) is 0 Å². The molecule has 4 heteroatoms. The minimum absolute atomic E-state index is 0.0196. The molecule has 1 aliphatic rings.